The average molecular weight is 1020 g/mol. The molecule has 9 aromatic carbocycles. The van der Waals surface area contributed by atoms with Crippen molar-refractivity contribution in [1.82, 2.24) is 14.1 Å². The monoisotopic (exact) mass is 1010 g/mol. The third kappa shape index (κ3) is 8.17. The number of nitrogens with zero attached hydrogens (tertiary/aromatic N) is 12. The minimum Gasteiger partial charge on any atom is -0.309 e. The lowest BCUT2D eigenvalue weighted by atomic mass is 9.99. The summed E-state index contributed by atoms with van der Waals surface area (Å²) < 4.78 is 4.14. The fourth-order valence-corrected chi connectivity index (χ4v) is 10.7. The van der Waals surface area contributed by atoms with Crippen molar-refractivity contribution in [3.8, 4) is 97.4 Å². The second-order valence-electron chi connectivity index (χ2n) is 18.8. The number of hydrogen-bond donors (Lipinski definition) is 0. The van der Waals surface area contributed by atoms with Crippen LogP contribution in [0.5, 0.6) is 0 Å². The van der Waals surface area contributed by atoms with Gasteiger partial charge in [0.05, 0.1) is 89.6 Å². The van der Waals surface area contributed by atoms with Gasteiger partial charge in [-0.25, -0.2) is 19.4 Å². The van der Waals surface area contributed by atoms with Gasteiger partial charge in [-0.1, -0.05) is 48.5 Å². The van der Waals surface area contributed by atoms with Crippen LogP contribution in [0.3, 0.4) is 0 Å². The molecule has 0 fully saturated rings. The van der Waals surface area contributed by atoms with Crippen molar-refractivity contribution in [3.63, 3.8) is 0 Å². The fourth-order valence-electron chi connectivity index (χ4n) is 10.7. The lowest BCUT2D eigenvalue weighted by Crippen LogP contribution is -2.04. The zero-order chi connectivity index (χ0) is 55.2. The Morgan fingerprint density at radius 1 is 0.312 bits per heavy atom. The van der Waals surface area contributed by atoms with Gasteiger partial charge < -0.3 is 9.13 Å². The van der Waals surface area contributed by atoms with Crippen molar-refractivity contribution < 1.29 is 0 Å². The first kappa shape index (κ1) is 48.1. The molecule has 80 heavy (non-hydrogen) atoms. The molecule has 12 nitrogen and oxygen atoms in total. The van der Waals surface area contributed by atoms with E-state index in [4.69, 9.17) is 26.3 Å². The zero-order valence-corrected chi connectivity index (χ0v) is 41.7. The predicted octanol–water partition coefficient (Wildman–Crippen LogP) is 17.2. The summed E-state index contributed by atoms with van der Waals surface area (Å²) in [6, 6.07) is 63.0. The Kier molecular flexibility index (Phi) is 11.7. The summed E-state index contributed by atoms with van der Waals surface area (Å²) in [7, 11) is 0. The van der Waals surface area contributed by atoms with Crippen molar-refractivity contribution in [2.24, 2.45) is 0 Å². The van der Waals surface area contributed by atoms with Crippen LogP contribution < -0.4 is 0 Å². The van der Waals surface area contributed by atoms with Crippen LogP contribution in [0, 0.1) is 82.9 Å². The molecule has 362 valence electrons. The second kappa shape index (κ2) is 19.4. The SMILES string of the molecule is [C-]#[N+]c1cc(C#N)cc(-c2ccc3c4ccc(-c5cc(C#N)cc([N+]#[C-])c5)cc4n(-c4cc(-c5ccncc5)c(-n5c6cc(-c7cc(C#N)cc([N+]#[C-])c7)ccc6c6ccc(-c7cc(C#N)cc([N+]#[C-])c7)cc65)cc4C#N)c3c2)c1. The van der Waals surface area contributed by atoms with E-state index in [0.29, 0.717) is 95.2 Å². The van der Waals surface area contributed by atoms with Crippen LogP contribution in [0.1, 0.15) is 27.8 Å². The first-order valence-electron chi connectivity index (χ1n) is 24.5. The van der Waals surface area contributed by atoms with Crippen molar-refractivity contribution in [2.75, 3.05) is 0 Å². The summed E-state index contributed by atoms with van der Waals surface area (Å²) in [6.07, 6.45) is 3.40. The van der Waals surface area contributed by atoms with E-state index in [1.807, 2.05) is 102 Å². The van der Waals surface area contributed by atoms with E-state index in [9.17, 15) is 26.3 Å². The highest BCUT2D eigenvalue weighted by Crippen LogP contribution is 2.45. The Balaban J connectivity index is 1.20. The smallest absolute Gasteiger partial charge is 0.189 e. The molecule has 3 aromatic heterocycles. The van der Waals surface area contributed by atoms with Crippen LogP contribution in [0.15, 0.2) is 182 Å². The Bertz CT molecular complexity index is 4730. The number of pyridine rings is 1. The topological polar surface area (TPSA) is 159 Å². The van der Waals surface area contributed by atoms with E-state index in [1.165, 1.54) is 0 Å². The van der Waals surface area contributed by atoms with E-state index < -0.39 is 0 Å². The molecule has 0 radical (unpaired) electrons. The van der Waals surface area contributed by atoms with Crippen molar-refractivity contribution >= 4 is 66.4 Å². The van der Waals surface area contributed by atoms with Gasteiger partial charge in [0.1, 0.15) is 6.07 Å². The third-order valence-electron chi connectivity index (χ3n) is 14.3. The average Bonchev–Trinajstić information content (AvgIpc) is 4.15. The van der Waals surface area contributed by atoms with Crippen molar-refractivity contribution in [1.29, 1.82) is 26.3 Å². The number of benzene rings is 9. The molecule has 0 spiro atoms. The molecule has 3 heterocycles. The van der Waals surface area contributed by atoms with E-state index in [1.54, 1.807) is 85.2 Å². The molecule has 0 unspecified atom stereocenters. The Hall–Kier alpha value is -12.9. The largest absolute Gasteiger partial charge is 0.309 e. The Morgan fingerprint density at radius 2 is 0.637 bits per heavy atom. The summed E-state index contributed by atoms with van der Waals surface area (Å²) in [4.78, 5) is 19.0. The molecule has 0 aliphatic heterocycles. The van der Waals surface area contributed by atoms with Gasteiger partial charge in [-0.3, -0.25) is 4.98 Å². The summed E-state index contributed by atoms with van der Waals surface area (Å²) in [5.41, 5.74) is 13.9. The minimum absolute atomic E-state index is 0.283. The molecule has 0 aliphatic carbocycles. The highest BCUT2D eigenvalue weighted by molar-refractivity contribution is 6.13. The maximum atomic E-state index is 11.6. The Morgan fingerprint density at radius 3 is 0.938 bits per heavy atom. The minimum atomic E-state index is 0.283. The molecule has 0 N–H and O–H groups in total. The maximum absolute atomic E-state index is 11.6. The molecule has 0 aliphatic rings. The molecular weight excluding hydrogens is 985 g/mol. The van der Waals surface area contributed by atoms with Gasteiger partial charge in [-0.2, -0.15) is 26.3 Å². The van der Waals surface area contributed by atoms with Crippen molar-refractivity contribution in [3.05, 3.63) is 256 Å². The maximum Gasteiger partial charge on any atom is 0.189 e. The van der Waals surface area contributed by atoms with Crippen LogP contribution in [0.4, 0.5) is 22.7 Å². The summed E-state index contributed by atoms with van der Waals surface area (Å²) in [6.45, 7) is 31.3. The zero-order valence-electron chi connectivity index (χ0n) is 41.7. The lowest BCUT2D eigenvalue weighted by molar-refractivity contribution is 1.13. The first-order valence-corrected chi connectivity index (χ1v) is 24.5. The standard InChI is InChI=1S/C68H30N12/c1-74-54-21-40(35-69)17-49(25-54)45-5-9-58-59-10-6-46(50-18-41(36-70)22-55(26-50)75-2)30-65(59)79(64(58)29-45)63-34-62(44-13-15-78-16-14-44)68(33-53(63)39-73)80-66-31-47(51-19-42(37-71)23-56(27-51)76-3)7-11-60(66)61-12-8-48(32-67(61)80)52-20-43(38-72)24-57(28-52)77-4/h5-34H. The number of fused-ring (bicyclic) bond motifs is 6. The van der Waals surface area contributed by atoms with Gasteiger partial charge in [0.25, 0.3) is 0 Å². The quantitative estimate of drug-likeness (QED) is 0.145. The molecule has 12 rings (SSSR count). The number of hydrogen-bond acceptors (Lipinski definition) is 6. The van der Waals surface area contributed by atoms with Crippen LogP contribution in [0.25, 0.3) is 130 Å². The normalized spacial score (nSPS) is 10.6. The molecule has 0 saturated heterocycles. The van der Waals surface area contributed by atoms with Crippen LogP contribution in [-0.4, -0.2) is 14.1 Å². The highest BCUT2D eigenvalue weighted by atomic mass is 15.0. The number of rotatable bonds is 7. The molecule has 0 atom stereocenters. The summed E-state index contributed by atoms with van der Waals surface area (Å²) in [5, 5.41) is 55.1. The predicted molar refractivity (Wildman–Crippen MR) is 309 cm³/mol. The van der Waals surface area contributed by atoms with Gasteiger partial charge in [0, 0.05) is 61.8 Å². The molecule has 0 bridgehead atoms. The second-order valence-corrected chi connectivity index (χ2v) is 18.8. The van der Waals surface area contributed by atoms with Gasteiger partial charge in [0.2, 0.25) is 0 Å². The highest BCUT2D eigenvalue weighted by Gasteiger charge is 2.24. The van der Waals surface area contributed by atoms with Gasteiger partial charge in [-0.15, -0.1) is 0 Å². The van der Waals surface area contributed by atoms with Gasteiger partial charge in [-0.05, 0) is 171 Å². The van der Waals surface area contributed by atoms with Gasteiger partial charge in [0.15, 0.2) is 22.7 Å². The van der Waals surface area contributed by atoms with E-state index in [2.05, 4.69) is 59.3 Å². The van der Waals surface area contributed by atoms with Crippen LogP contribution in [-0.2, 0) is 0 Å². The molecule has 12 heteroatoms. The van der Waals surface area contributed by atoms with E-state index in [-0.39, 0.29) is 5.56 Å². The molecule has 12 aromatic rings. The van der Waals surface area contributed by atoms with E-state index in [0.717, 1.165) is 60.4 Å². The molecule has 0 amide bonds. The number of aromatic nitrogens is 3. The first-order chi connectivity index (χ1) is 39.2. The molecular formula is C68H30N12. The van der Waals surface area contributed by atoms with Crippen molar-refractivity contribution in [2.45, 2.75) is 0 Å². The van der Waals surface area contributed by atoms with Crippen LogP contribution >= 0.6 is 0 Å². The van der Waals surface area contributed by atoms with Crippen LogP contribution in [0.2, 0.25) is 0 Å². The lowest BCUT2D eigenvalue weighted by Gasteiger charge is -2.19. The molecule has 0 saturated carbocycles. The third-order valence-corrected chi connectivity index (χ3v) is 14.3. The number of nitriles is 5. The summed E-state index contributed by atoms with van der Waals surface area (Å²) >= 11 is 0. The Labute approximate surface area is 457 Å². The van der Waals surface area contributed by atoms with Gasteiger partial charge >= 0.3 is 0 Å². The fraction of sp³-hybridized carbons (Fsp3) is 0. The summed E-state index contributed by atoms with van der Waals surface area (Å²) in [5.74, 6) is 0. The van der Waals surface area contributed by atoms with E-state index >= 15 is 0 Å².